The number of pyridine rings is 1. The van der Waals surface area contributed by atoms with Gasteiger partial charge in [-0.15, -0.1) is 0 Å². The van der Waals surface area contributed by atoms with Crippen molar-refractivity contribution in [3.05, 3.63) is 67.0 Å². The van der Waals surface area contributed by atoms with E-state index in [4.69, 9.17) is 28.3 Å². The number of rotatable bonds is 4. The Morgan fingerprint density at radius 3 is 2.59 bits per heavy atom. The lowest BCUT2D eigenvalue weighted by atomic mass is 10.1. The van der Waals surface area contributed by atoms with Crippen molar-refractivity contribution >= 4 is 45.2 Å². The van der Waals surface area contributed by atoms with Crippen LogP contribution < -0.4 is 10.9 Å². The third kappa shape index (κ3) is 4.03. The molecule has 0 fully saturated rings. The summed E-state index contributed by atoms with van der Waals surface area (Å²) in [6.07, 6.45) is 0.415. The first-order valence-corrected chi connectivity index (χ1v) is 7.73. The van der Waals surface area contributed by atoms with E-state index in [0.29, 0.717) is 20.1 Å². The van der Waals surface area contributed by atoms with Crippen LogP contribution in [0.1, 0.15) is 11.6 Å². The van der Waals surface area contributed by atoms with Crippen LogP contribution in [0.5, 0.6) is 0 Å². The number of amides is 1. The van der Waals surface area contributed by atoms with Gasteiger partial charge in [-0.1, -0.05) is 45.2 Å². The number of halogens is 3. The van der Waals surface area contributed by atoms with E-state index in [1.165, 1.54) is 10.6 Å². The summed E-state index contributed by atoms with van der Waals surface area (Å²) in [6, 6.07) is 7.50. The van der Waals surface area contributed by atoms with Crippen LogP contribution in [0.25, 0.3) is 0 Å². The topological polar surface area (TPSA) is 71.3 Å². The van der Waals surface area contributed by atoms with Crippen LogP contribution in [-0.4, -0.2) is 22.3 Å². The maximum Gasteiger partial charge on any atom is 0.404 e. The minimum absolute atomic E-state index is 0.0227. The highest BCUT2D eigenvalue weighted by atomic mass is 79.9. The molecule has 1 aromatic heterocycles. The third-order valence-corrected chi connectivity index (χ3v) is 4.25. The number of nitrogens with zero attached hydrogens (tertiary/aromatic N) is 1. The minimum atomic E-state index is -1.17. The molecule has 1 atom stereocenters. The molecule has 0 aliphatic heterocycles. The van der Waals surface area contributed by atoms with Gasteiger partial charge in [0.15, 0.2) is 0 Å². The number of carboxylic acid groups (broad SMARTS) is 1. The summed E-state index contributed by atoms with van der Waals surface area (Å²) in [7, 11) is 0. The number of carbonyl (C=O) groups is 1. The van der Waals surface area contributed by atoms with Gasteiger partial charge in [-0.3, -0.25) is 4.79 Å². The first-order valence-electron chi connectivity index (χ1n) is 6.18. The van der Waals surface area contributed by atoms with Gasteiger partial charge in [-0.2, -0.15) is 0 Å². The Bertz CT molecular complexity index is 764. The Hall–Kier alpha value is -1.50. The van der Waals surface area contributed by atoms with Crippen LogP contribution in [0.15, 0.2) is 45.8 Å². The fourth-order valence-corrected chi connectivity index (χ4v) is 2.62. The molecular weight excluding hydrogens is 395 g/mol. The average Bonchev–Trinajstić information content (AvgIpc) is 2.44. The van der Waals surface area contributed by atoms with E-state index in [9.17, 15) is 9.59 Å². The molecular formula is C14H11BrCl2N2O3. The molecule has 0 spiro atoms. The van der Waals surface area contributed by atoms with Crippen molar-refractivity contribution in [3.63, 3.8) is 0 Å². The maximum absolute atomic E-state index is 12.2. The zero-order chi connectivity index (χ0) is 16.3. The Morgan fingerprint density at radius 2 is 2.00 bits per heavy atom. The van der Waals surface area contributed by atoms with Crippen molar-refractivity contribution in [1.82, 2.24) is 9.88 Å². The zero-order valence-electron chi connectivity index (χ0n) is 11.1. The Kier molecular flexibility index (Phi) is 5.50. The molecule has 1 amide bonds. The SMILES string of the molecule is O=C(O)NCC(c1ccc(Cl)c(Cl)c1)n1ccc(Br)cc1=O. The lowest BCUT2D eigenvalue weighted by Gasteiger charge is -2.20. The minimum Gasteiger partial charge on any atom is -0.465 e. The summed E-state index contributed by atoms with van der Waals surface area (Å²) in [4.78, 5) is 22.9. The van der Waals surface area contributed by atoms with E-state index < -0.39 is 12.1 Å². The molecule has 1 unspecified atom stereocenters. The van der Waals surface area contributed by atoms with Crippen LogP contribution in [-0.2, 0) is 0 Å². The Labute approximate surface area is 144 Å². The van der Waals surface area contributed by atoms with Gasteiger partial charge < -0.3 is 15.0 Å². The van der Waals surface area contributed by atoms with Gasteiger partial charge in [0.2, 0.25) is 0 Å². The molecule has 2 rings (SSSR count). The highest BCUT2D eigenvalue weighted by Crippen LogP contribution is 2.27. The maximum atomic E-state index is 12.2. The van der Waals surface area contributed by atoms with E-state index in [1.807, 2.05) is 0 Å². The molecule has 1 aromatic carbocycles. The quantitative estimate of drug-likeness (QED) is 0.813. The van der Waals surface area contributed by atoms with Gasteiger partial charge in [0.1, 0.15) is 0 Å². The predicted molar refractivity (Wildman–Crippen MR) is 89.0 cm³/mol. The van der Waals surface area contributed by atoms with Crippen LogP contribution >= 0.6 is 39.1 Å². The molecule has 1 heterocycles. The second-order valence-corrected chi connectivity index (χ2v) is 6.20. The first kappa shape index (κ1) is 16.9. The number of aromatic nitrogens is 1. The smallest absolute Gasteiger partial charge is 0.404 e. The molecule has 8 heteroatoms. The van der Waals surface area contributed by atoms with E-state index >= 15 is 0 Å². The van der Waals surface area contributed by atoms with Gasteiger partial charge in [-0.05, 0) is 23.8 Å². The van der Waals surface area contributed by atoms with Crippen LogP contribution in [0, 0.1) is 0 Å². The second-order valence-electron chi connectivity index (χ2n) is 4.47. The van der Waals surface area contributed by atoms with Crippen molar-refractivity contribution in [2.75, 3.05) is 6.54 Å². The normalized spacial score (nSPS) is 12.0. The third-order valence-electron chi connectivity index (χ3n) is 3.02. The predicted octanol–water partition coefficient (Wildman–Crippen LogP) is 3.77. The summed E-state index contributed by atoms with van der Waals surface area (Å²) >= 11 is 15.1. The number of nitrogens with one attached hydrogen (secondary N) is 1. The van der Waals surface area contributed by atoms with Crippen molar-refractivity contribution in [2.45, 2.75) is 6.04 Å². The number of hydrogen-bond donors (Lipinski definition) is 2. The van der Waals surface area contributed by atoms with Crippen molar-refractivity contribution in [2.24, 2.45) is 0 Å². The van der Waals surface area contributed by atoms with E-state index in [-0.39, 0.29) is 12.1 Å². The van der Waals surface area contributed by atoms with E-state index in [2.05, 4.69) is 21.2 Å². The molecule has 116 valence electrons. The molecule has 0 saturated carbocycles. The lowest BCUT2D eigenvalue weighted by Crippen LogP contribution is -2.34. The number of hydrogen-bond acceptors (Lipinski definition) is 2. The molecule has 0 aliphatic carbocycles. The van der Waals surface area contributed by atoms with E-state index in [1.54, 1.807) is 30.5 Å². The fourth-order valence-electron chi connectivity index (χ4n) is 2.00. The highest BCUT2D eigenvalue weighted by Gasteiger charge is 2.17. The molecule has 5 nitrogen and oxygen atoms in total. The zero-order valence-corrected chi connectivity index (χ0v) is 14.2. The summed E-state index contributed by atoms with van der Waals surface area (Å²) in [5, 5.41) is 11.8. The first-order chi connectivity index (χ1) is 10.4. The van der Waals surface area contributed by atoms with Gasteiger partial charge in [0, 0.05) is 23.3 Å². The van der Waals surface area contributed by atoms with Gasteiger partial charge in [0.05, 0.1) is 16.1 Å². The molecule has 0 aliphatic rings. The van der Waals surface area contributed by atoms with Gasteiger partial charge in [-0.25, -0.2) is 4.79 Å². The Balaban J connectivity index is 2.47. The molecule has 0 radical (unpaired) electrons. The monoisotopic (exact) mass is 404 g/mol. The molecule has 0 saturated heterocycles. The van der Waals surface area contributed by atoms with Crippen molar-refractivity contribution in [1.29, 1.82) is 0 Å². The standard InChI is InChI=1S/C14H11BrCl2N2O3/c15-9-3-4-19(13(20)6-9)12(7-18-14(21)22)8-1-2-10(16)11(17)5-8/h1-6,12,18H,7H2,(H,21,22). The number of benzene rings is 1. The van der Waals surface area contributed by atoms with Gasteiger partial charge in [0.25, 0.3) is 5.56 Å². The Morgan fingerprint density at radius 1 is 1.27 bits per heavy atom. The largest absolute Gasteiger partial charge is 0.465 e. The molecule has 22 heavy (non-hydrogen) atoms. The van der Waals surface area contributed by atoms with Crippen molar-refractivity contribution < 1.29 is 9.90 Å². The van der Waals surface area contributed by atoms with Crippen LogP contribution in [0.3, 0.4) is 0 Å². The molecule has 2 N–H and O–H groups in total. The van der Waals surface area contributed by atoms with Crippen molar-refractivity contribution in [3.8, 4) is 0 Å². The molecule has 0 bridgehead atoms. The average molecular weight is 406 g/mol. The molecule has 2 aromatic rings. The lowest BCUT2D eigenvalue weighted by molar-refractivity contribution is 0.193. The van der Waals surface area contributed by atoms with Gasteiger partial charge >= 0.3 is 6.09 Å². The summed E-state index contributed by atoms with van der Waals surface area (Å²) in [6.45, 7) is 0.0227. The fraction of sp³-hybridized carbons (Fsp3) is 0.143. The summed E-state index contributed by atoms with van der Waals surface area (Å²) in [5.74, 6) is 0. The second kappa shape index (κ2) is 7.17. The summed E-state index contributed by atoms with van der Waals surface area (Å²) in [5.41, 5.74) is 0.408. The van der Waals surface area contributed by atoms with Crippen LogP contribution in [0.4, 0.5) is 4.79 Å². The van der Waals surface area contributed by atoms with E-state index in [0.717, 1.165) is 0 Å². The van der Waals surface area contributed by atoms with Crippen LogP contribution in [0.2, 0.25) is 10.0 Å². The summed E-state index contributed by atoms with van der Waals surface area (Å²) < 4.78 is 2.08. The highest BCUT2D eigenvalue weighted by molar-refractivity contribution is 9.10.